The summed E-state index contributed by atoms with van der Waals surface area (Å²) in [4.78, 5) is 0. The molecule has 0 atom stereocenters. The maximum Gasteiger partial charge on any atom is 0 e. The molecule has 4 heteroatoms. The first-order valence-corrected chi connectivity index (χ1v) is 0. The number of hydrogen-bond acceptors (Lipinski definition) is 0. The zero-order valence-electron chi connectivity index (χ0n) is 1.79. The van der Waals surface area contributed by atoms with E-state index in [1.54, 1.807) is 0 Å². The Morgan fingerprint density at radius 3 is 1.00 bits per heavy atom. The molecule has 0 saturated heterocycles. The predicted molar refractivity (Wildman–Crippen MR) is 5.75 cm³/mol. The quantitative estimate of drug-likeness (QED) is 0.512. The van der Waals surface area contributed by atoms with E-state index in [-0.39, 0.29) is 82.5 Å². The fourth-order valence-electron chi connectivity index (χ4n) is 0. The molecule has 0 aliphatic carbocycles. The van der Waals surface area contributed by atoms with Crippen LogP contribution in [0.2, 0.25) is 0 Å². The normalized spacial score (nSPS) is 0. The van der Waals surface area contributed by atoms with Crippen molar-refractivity contribution in [2.75, 3.05) is 0 Å². The fourth-order valence-corrected chi connectivity index (χ4v) is 0. The second kappa shape index (κ2) is 17.3. The molecule has 0 aliphatic rings. The Balaban J connectivity index is 0. The third kappa shape index (κ3) is 8.82. The molecule has 0 heterocycles. The fraction of sp³-hybridized carbons (Fsp3) is 0. The minimum absolute atomic E-state index is 0. The van der Waals surface area contributed by atoms with Gasteiger partial charge >= 0.3 is 0 Å². The summed E-state index contributed by atoms with van der Waals surface area (Å²) < 4.78 is 0. The molecule has 0 nitrogen and oxygen atoms in total. The SMILES string of the molecule is [Al].[Au].[Mo].[Ti]. The molecule has 0 fully saturated rings. The van der Waals surface area contributed by atoms with Crippen LogP contribution in [-0.2, 0) is 65.2 Å². The van der Waals surface area contributed by atoms with Crippen LogP contribution < -0.4 is 0 Å². The average Bonchev–Trinajstić information content (AvgIpc) is 0. The Morgan fingerprint density at radius 2 is 1.00 bits per heavy atom. The van der Waals surface area contributed by atoms with Gasteiger partial charge in [-0.1, -0.05) is 0 Å². The third-order valence-corrected chi connectivity index (χ3v) is 0. The van der Waals surface area contributed by atoms with Gasteiger partial charge in [0.05, 0.1) is 0 Å². The van der Waals surface area contributed by atoms with Crippen LogP contribution >= 0.6 is 0 Å². The van der Waals surface area contributed by atoms with Crippen LogP contribution in [0.25, 0.3) is 0 Å². The molecule has 0 bridgehead atoms. The summed E-state index contributed by atoms with van der Waals surface area (Å²) >= 11 is 0. The maximum atomic E-state index is 0. The van der Waals surface area contributed by atoms with E-state index >= 15 is 0 Å². The molecule has 0 rings (SSSR count). The first-order valence-electron chi connectivity index (χ1n) is 0. The van der Waals surface area contributed by atoms with E-state index in [1.165, 1.54) is 0 Å². The van der Waals surface area contributed by atoms with E-state index in [4.69, 9.17) is 0 Å². The van der Waals surface area contributed by atoms with Gasteiger partial charge < -0.3 is 0 Å². The van der Waals surface area contributed by atoms with E-state index in [0.717, 1.165) is 0 Å². The third-order valence-electron chi connectivity index (χ3n) is 0. The molecule has 4 heavy (non-hydrogen) atoms. The van der Waals surface area contributed by atoms with Crippen LogP contribution in [0.1, 0.15) is 0 Å². The summed E-state index contributed by atoms with van der Waals surface area (Å²) in [7, 11) is 0. The van der Waals surface area contributed by atoms with Gasteiger partial charge in [0.15, 0.2) is 0 Å². The van der Waals surface area contributed by atoms with Gasteiger partial charge in [0.1, 0.15) is 0 Å². The average molecular weight is 368 g/mol. The zero-order valence-corrected chi connectivity index (χ0v) is 8.68. The minimum Gasteiger partial charge on any atom is 0 e. The number of hydrogen-bond donors (Lipinski definition) is 0. The van der Waals surface area contributed by atoms with Crippen molar-refractivity contribution < 1.29 is 65.2 Å². The van der Waals surface area contributed by atoms with Crippen LogP contribution in [0.5, 0.6) is 0 Å². The second-order valence-electron chi connectivity index (χ2n) is 0. The van der Waals surface area contributed by atoms with Gasteiger partial charge in [-0.15, -0.1) is 0 Å². The molecular formula is AlAuMoTi. The van der Waals surface area contributed by atoms with Gasteiger partial charge in [-0.25, -0.2) is 0 Å². The van der Waals surface area contributed by atoms with Gasteiger partial charge in [-0.05, 0) is 0 Å². The topological polar surface area (TPSA) is 0 Å². The smallest absolute Gasteiger partial charge is 0 e. The minimum atomic E-state index is 0. The zero-order chi connectivity index (χ0) is 0. The second-order valence-corrected chi connectivity index (χ2v) is 0. The molecule has 0 N–H and O–H groups in total. The first-order chi connectivity index (χ1) is 0. The summed E-state index contributed by atoms with van der Waals surface area (Å²) in [5.74, 6) is 0. The van der Waals surface area contributed by atoms with E-state index in [2.05, 4.69) is 0 Å². The van der Waals surface area contributed by atoms with Crippen LogP contribution in [-0.4, -0.2) is 17.4 Å². The van der Waals surface area contributed by atoms with E-state index in [0.29, 0.717) is 0 Å². The molecule has 0 aromatic heterocycles. The van der Waals surface area contributed by atoms with Crippen LogP contribution in [0.15, 0.2) is 0 Å². The van der Waals surface area contributed by atoms with E-state index in [1.807, 2.05) is 0 Å². The molecule has 0 amide bonds. The van der Waals surface area contributed by atoms with E-state index in [9.17, 15) is 0 Å². The molecule has 0 aliphatic heterocycles. The molecule has 0 aromatic rings. The Labute approximate surface area is 81.3 Å². The predicted octanol–water partition coefficient (Wildman–Crippen LogP) is -0.388. The standard InChI is InChI=1S/Al.Au.Mo.Ti. The van der Waals surface area contributed by atoms with Crippen LogP contribution in [0.3, 0.4) is 0 Å². The van der Waals surface area contributed by atoms with Gasteiger partial charge in [0.25, 0.3) is 0 Å². The van der Waals surface area contributed by atoms with E-state index < -0.39 is 0 Å². The van der Waals surface area contributed by atoms with Crippen molar-refractivity contribution >= 4 is 17.4 Å². The van der Waals surface area contributed by atoms with Crippen molar-refractivity contribution in [3.05, 3.63) is 0 Å². The van der Waals surface area contributed by atoms with Gasteiger partial charge in [0.2, 0.25) is 0 Å². The van der Waals surface area contributed by atoms with Crippen molar-refractivity contribution in [1.82, 2.24) is 0 Å². The number of rotatable bonds is 0. The van der Waals surface area contributed by atoms with Crippen molar-refractivity contribution in [3.63, 3.8) is 0 Å². The Morgan fingerprint density at radius 1 is 1.00 bits per heavy atom. The summed E-state index contributed by atoms with van der Waals surface area (Å²) in [6, 6.07) is 0. The van der Waals surface area contributed by atoms with Crippen LogP contribution in [0.4, 0.5) is 0 Å². The summed E-state index contributed by atoms with van der Waals surface area (Å²) in [6.45, 7) is 0. The Bertz CT molecular complexity index is 8.00. The molecule has 0 unspecified atom stereocenters. The largest absolute Gasteiger partial charge is 0 e. The Hall–Kier alpha value is 2.68. The van der Waals surface area contributed by atoms with Gasteiger partial charge in [-0.2, -0.15) is 0 Å². The molecular weight excluding hydrogens is 368 g/mol. The molecule has 24 valence electrons. The van der Waals surface area contributed by atoms with Crippen LogP contribution in [0, 0.1) is 0 Å². The summed E-state index contributed by atoms with van der Waals surface area (Å²) in [5.41, 5.74) is 0. The van der Waals surface area contributed by atoms with Gasteiger partial charge in [-0.3, -0.25) is 0 Å². The van der Waals surface area contributed by atoms with Crippen molar-refractivity contribution in [1.29, 1.82) is 0 Å². The summed E-state index contributed by atoms with van der Waals surface area (Å²) in [6.07, 6.45) is 0. The van der Waals surface area contributed by atoms with Gasteiger partial charge in [0, 0.05) is 82.5 Å². The Kier molecular flexibility index (Phi) is 130. The molecule has 0 aromatic carbocycles. The summed E-state index contributed by atoms with van der Waals surface area (Å²) in [5, 5.41) is 0. The van der Waals surface area contributed by atoms with Crippen molar-refractivity contribution in [2.24, 2.45) is 0 Å². The molecule has 0 spiro atoms. The monoisotopic (exact) mass is 370 g/mol. The molecule has 4 radical (unpaired) electrons. The van der Waals surface area contributed by atoms with Crippen molar-refractivity contribution in [3.8, 4) is 0 Å². The first kappa shape index (κ1) is 30.0. The maximum absolute atomic E-state index is 0. The van der Waals surface area contributed by atoms with Crippen molar-refractivity contribution in [2.45, 2.75) is 0 Å². The molecule has 0 saturated carbocycles.